The van der Waals surface area contributed by atoms with Crippen molar-refractivity contribution in [1.29, 1.82) is 0 Å². The Morgan fingerprint density at radius 1 is 1.05 bits per heavy atom. The predicted octanol–water partition coefficient (Wildman–Crippen LogP) is 2.38. The van der Waals surface area contributed by atoms with Crippen molar-refractivity contribution in [3.63, 3.8) is 0 Å². The zero-order valence-corrected chi connectivity index (χ0v) is 9.71. The third-order valence-electron chi connectivity index (χ3n) is 2.75. The van der Waals surface area contributed by atoms with Gasteiger partial charge in [0.25, 0.3) is 0 Å². The summed E-state index contributed by atoms with van der Waals surface area (Å²) in [5.74, 6) is 0.154. The number of tetrazole rings is 1. The molecule has 94 valence electrons. The number of hydrogen-bond donors (Lipinski definition) is 2. The quantitative estimate of drug-likeness (QED) is 0.738. The second-order valence-electron chi connectivity index (χ2n) is 3.99. The highest BCUT2D eigenvalue weighted by Crippen LogP contribution is 2.32. The topological polar surface area (TPSA) is 74.7 Å². The van der Waals surface area contributed by atoms with Crippen molar-refractivity contribution in [2.45, 2.75) is 0 Å². The van der Waals surface area contributed by atoms with Gasteiger partial charge in [-0.15, -0.1) is 5.10 Å². The molecular formula is C13H9FN4O. The summed E-state index contributed by atoms with van der Waals surface area (Å²) in [4.78, 5) is 0. The Morgan fingerprint density at radius 3 is 2.63 bits per heavy atom. The van der Waals surface area contributed by atoms with Crippen molar-refractivity contribution < 1.29 is 9.50 Å². The van der Waals surface area contributed by atoms with Crippen LogP contribution in [0.3, 0.4) is 0 Å². The van der Waals surface area contributed by atoms with Crippen LogP contribution in [0.2, 0.25) is 0 Å². The minimum absolute atomic E-state index is 0.0412. The second kappa shape index (κ2) is 4.49. The zero-order valence-electron chi connectivity index (χ0n) is 9.71. The molecule has 2 aromatic carbocycles. The van der Waals surface area contributed by atoms with Crippen molar-refractivity contribution in [3.05, 3.63) is 48.3 Å². The highest BCUT2D eigenvalue weighted by Gasteiger charge is 2.09. The van der Waals surface area contributed by atoms with Crippen LogP contribution in [0.5, 0.6) is 5.75 Å². The highest BCUT2D eigenvalue weighted by molar-refractivity contribution is 5.74. The lowest BCUT2D eigenvalue weighted by Crippen LogP contribution is -1.85. The van der Waals surface area contributed by atoms with Gasteiger partial charge in [-0.05, 0) is 40.3 Å². The van der Waals surface area contributed by atoms with E-state index >= 15 is 0 Å². The first-order chi connectivity index (χ1) is 9.24. The number of aromatic nitrogens is 4. The van der Waals surface area contributed by atoms with Crippen LogP contribution in [-0.2, 0) is 0 Å². The molecule has 2 N–H and O–H groups in total. The number of benzene rings is 2. The van der Waals surface area contributed by atoms with Gasteiger partial charge in [-0.2, -0.15) is 0 Å². The summed E-state index contributed by atoms with van der Waals surface area (Å²) in [7, 11) is 0. The molecule has 6 heteroatoms. The van der Waals surface area contributed by atoms with Crippen molar-refractivity contribution in [2.24, 2.45) is 0 Å². The minimum Gasteiger partial charge on any atom is -0.507 e. The number of rotatable bonds is 2. The first-order valence-corrected chi connectivity index (χ1v) is 5.57. The molecule has 0 aliphatic heterocycles. The molecule has 0 unspecified atom stereocenters. The van der Waals surface area contributed by atoms with E-state index in [-0.39, 0.29) is 11.6 Å². The Morgan fingerprint density at radius 2 is 1.95 bits per heavy atom. The summed E-state index contributed by atoms with van der Waals surface area (Å²) in [6.07, 6.45) is 0. The molecule has 0 bridgehead atoms. The number of nitrogens with one attached hydrogen (secondary N) is 1. The van der Waals surface area contributed by atoms with Crippen LogP contribution in [0.4, 0.5) is 4.39 Å². The molecule has 0 amide bonds. The van der Waals surface area contributed by atoms with Crippen LogP contribution in [-0.4, -0.2) is 25.7 Å². The molecule has 0 spiro atoms. The fourth-order valence-corrected chi connectivity index (χ4v) is 1.86. The lowest BCUT2D eigenvalue weighted by atomic mass is 10.0. The van der Waals surface area contributed by atoms with Gasteiger partial charge in [-0.25, -0.2) is 9.49 Å². The number of phenolic OH excluding ortho intramolecular Hbond substituents is 1. The molecule has 0 saturated carbocycles. The zero-order chi connectivity index (χ0) is 13.2. The summed E-state index contributed by atoms with van der Waals surface area (Å²) in [6.45, 7) is 0. The number of halogens is 1. The number of nitrogens with zero attached hydrogens (tertiary/aromatic N) is 3. The summed E-state index contributed by atoms with van der Waals surface area (Å²) in [6, 6.07) is 11.0. The summed E-state index contributed by atoms with van der Waals surface area (Å²) >= 11 is 0. The summed E-state index contributed by atoms with van der Waals surface area (Å²) in [5, 5.41) is 23.3. The summed E-state index contributed by atoms with van der Waals surface area (Å²) < 4.78 is 13.2. The average molecular weight is 256 g/mol. The largest absolute Gasteiger partial charge is 0.507 e. The molecule has 1 heterocycles. The average Bonchev–Trinajstić information content (AvgIpc) is 2.92. The van der Waals surface area contributed by atoms with E-state index in [0.717, 1.165) is 0 Å². The van der Waals surface area contributed by atoms with Gasteiger partial charge in [-0.3, -0.25) is 0 Å². The second-order valence-corrected chi connectivity index (χ2v) is 3.99. The Hall–Kier alpha value is -2.76. The molecular weight excluding hydrogens is 247 g/mol. The Kier molecular flexibility index (Phi) is 2.68. The standard InChI is InChI=1S/C13H9FN4O/c14-10-3-1-2-8(6-10)11-5-4-9(7-12(11)19)13-15-17-18-16-13/h1-7,19H,(H,15,16,17,18). The van der Waals surface area contributed by atoms with E-state index in [1.54, 1.807) is 24.3 Å². The first-order valence-electron chi connectivity index (χ1n) is 5.57. The maximum Gasteiger partial charge on any atom is 0.179 e. The van der Waals surface area contributed by atoms with Crippen LogP contribution < -0.4 is 0 Å². The molecule has 0 saturated heterocycles. The number of hydrogen-bond acceptors (Lipinski definition) is 4. The van der Waals surface area contributed by atoms with Crippen molar-refractivity contribution in [3.8, 4) is 28.3 Å². The lowest BCUT2D eigenvalue weighted by Gasteiger charge is -2.06. The Balaban J connectivity index is 2.05. The maximum atomic E-state index is 13.2. The molecule has 19 heavy (non-hydrogen) atoms. The van der Waals surface area contributed by atoms with E-state index in [4.69, 9.17) is 0 Å². The van der Waals surface area contributed by atoms with Crippen LogP contribution in [0, 0.1) is 5.82 Å². The molecule has 1 aromatic heterocycles. The van der Waals surface area contributed by atoms with Crippen molar-refractivity contribution in [2.75, 3.05) is 0 Å². The van der Waals surface area contributed by atoms with Gasteiger partial charge < -0.3 is 5.11 Å². The first kappa shape index (κ1) is 11.3. The van der Waals surface area contributed by atoms with Gasteiger partial charge in [-0.1, -0.05) is 18.2 Å². The predicted molar refractivity (Wildman–Crippen MR) is 66.7 cm³/mol. The van der Waals surface area contributed by atoms with E-state index in [1.165, 1.54) is 18.2 Å². The molecule has 3 aromatic rings. The molecule has 3 rings (SSSR count). The van der Waals surface area contributed by atoms with Gasteiger partial charge >= 0.3 is 0 Å². The molecule has 0 radical (unpaired) electrons. The SMILES string of the molecule is Oc1cc(-c2nnn[nH]2)ccc1-c1cccc(F)c1. The number of H-pyrrole nitrogens is 1. The fraction of sp³-hybridized carbons (Fsp3) is 0. The van der Waals surface area contributed by atoms with Crippen LogP contribution in [0.15, 0.2) is 42.5 Å². The minimum atomic E-state index is -0.347. The third-order valence-corrected chi connectivity index (χ3v) is 2.75. The van der Waals surface area contributed by atoms with E-state index in [0.29, 0.717) is 22.5 Å². The van der Waals surface area contributed by atoms with Crippen molar-refractivity contribution >= 4 is 0 Å². The van der Waals surface area contributed by atoms with Gasteiger partial charge in [0.1, 0.15) is 11.6 Å². The fourth-order valence-electron chi connectivity index (χ4n) is 1.86. The van der Waals surface area contributed by atoms with E-state index in [9.17, 15) is 9.50 Å². The molecule has 0 atom stereocenters. The third kappa shape index (κ3) is 2.15. The molecule has 5 nitrogen and oxygen atoms in total. The smallest absolute Gasteiger partial charge is 0.179 e. The van der Waals surface area contributed by atoms with Crippen LogP contribution >= 0.6 is 0 Å². The van der Waals surface area contributed by atoms with Gasteiger partial charge in [0.15, 0.2) is 5.82 Å². The van der Waals surface area contributed by atoms with E-state index < -0.39 is 0 Å². The monoisotopic (exact) mass is 256 g/mol. The van der Waals surface area contributed by atoms with Gasteiger partial charge in [0, 0.05) is 11.1 Å². The Bertz CT molecular complexity index is 712. The normalized spacial score (nSPS) is 10.6. The maximum absolute atomic E-state index is 13.2. The number of aromatic amines is 1. The molecule has 0 aliphatic rings. The number of phenols is 1. The van der Waals surface area contributed by atoms with Crippen LogP contribution in [0.1, 0.15) is 0 Å². The Labute approximate surface area is 107 Å². The van der Waals surface area contributed by atoms with E-state index in [1.807, 2.05) is 0 Å². The number of aromatic hydroxyl groups is 1. The van der Waals surface area contributed by atoms with Gasteiger partial charge in [0.2, 0.25) is 0 Å². The summed E-state index contributed by atoms with van der Waals surface area (Å²) in [5.41, 5.74) is 1.82. The van der Waals surface area contributed by atoms with E-state index in [2.05, 4.69) is 20.6 Å². The van der Waals surface area contributed by atoms with Crippen LogP contribution in [0.25, 0.3) is 22.5 Å². The highest BCUT2D eigenvalue weighted by atomic mass is 19.1. The molecule has 0 fully saturated rings. The van der Waals surface area contributed by atoms with Gasteiger partial charge in [0.05, 0.1) is 0 Å². The van der Waals surface area contributed by atoms with Crippen molar-refractivity contribution in [1.82, 2.24) is 20.6 Å². The lowest BCUT2D eigenvalue weighted by molar-refractivity contribution is 0.477. The molecule has 0 aliphatic carbocycles.